The minimum absolute atomic E-state index is 0.509. The maximum Gasteiger partial charge on any atom is 0.133 e. The van der Waals surface area contributed by atoms with Crippen LogP contribution in [0.1, 0.15) is 29.7 Å². The van der Waals surface area contributed by atoms with Crippen LogP contribution in [-0.4, -0.2) is 16.3 Å². The molecule has 134 valence electrons. The Morgan fingerprint density at radius 3 is 2.62 bits per heavy atom. The lowest BCUT2D eigenvalue weighted by atomic mass is 10.0. The van der Waals surface area contributed by atoms with Crippen molar-refractivity contribution in [1.29, 1.82) is 0 Å². The molecule has 0 saturated carbocycles. The maximum absolute atomic E-state index is 6.46. The first-order chi connectivity index (χ1) is 12.6. The molecule has 2 heterocycles. The zero-order chi connectivity index (χ0) is 18.1. The van der Waals surface area contributed by atoms with E-state index in [1.165, 1.54) is 5.56 Å². The normalized spacial score (nSPS) is 13.8. The molecule has 6 heteroatoms. The summed E-state index contributed by atoms with van der Waals surface area (Å²) in [6, 6.07) is 13.5. The van der Waals surface area contributed by atoms with E-state index in [2.05, 4.69) is 5.32 Å². The van der Waals surface area contributed by atoms with Crippen molar-refractivity contribution in [2.24, 2.45) is 0 Å². The Morgan fingerprint density at radius 2 is 1.77 bits per heavy atom. The highest BCUT2D eigenvalue weighted by molar-refractivity contribution is 6.43. The first-order valence-electron chi connectivity index (χ1n) is 8.67. The summed E-state index contributed by atoms with van der Waals surface area (Å²) in [7, 11) is 0. The number of aromatic nitrogens is 2. The van der Waals surface area contributed by atoms with Gasteiger partial charge in [0, 0.05) is 23.6 Å². The molecule has 0 amide bonds. The Labute approximate surface area is 167 Å². The van der Waals surface area contributed by atoms with Crippen LogP contribution in [0.5, 0.6) is 0 Å². The second-order valence-corrected chi connectivity index (χ2v) is 7.60. The van der Waals surface area contributed by atoms with E-state index in [0.29, 0.717) is 16.5 Å². The second-order valence-electron chi connectivity index (χ2n) is 6.41. The van der Waals surface area contributed by atoms with Crippen molar-refractivity contribution >= 4 is 40.6 Å². The predicted octanol–water partition coefficient (Wildman–Crippen LogP) is 6.17. The average Bonchev–Trinajstić information content (AvgIpc) is 2.81. The largest absolute Gasteiger partial charge is 0.370 e. The fraction of sp³-hybridized carbons (Fsp3) is 0.250. The van der Waals surface area contributed by atoms with Gasteiger partial charge >= 0.3 is 0 Å². The smallest absolute Gasteiger partial charge is 0.133 e. The maximum atomic E-state index is 6.46. The summed E-state index contributed by atoms with van der Waals surface area (Å²) in [6.07, 6.45) is 3.93. The zero-order valence-electron chi connectivity index (χ0n) is 14.1. The third kappa shape index (κ3) is 3.32. The summed E-state index contributed by atoms with van der Waals surface area (Å²) in [5, 5.41) is 10.2. The van der Waals surface area contributed by atoms with Crippen LogP contribution in [0.25, 0.3) is 5.69 Å². The molecule has 0 aliphatic carbocycles. The van der Waals surface area contributed by atoms with Gasteiger partial charge in [-0.2, -0.15) is 5.10 Å². The van der Waals surface area contributed by atoms with Gasteiger partial charge in [0.15, 0.2) is 0 Å². The van der Waals surface area contributed by atoms with Crippen molar-refractivity contribution < 1.29 is 0 Å². The fourth-order valence-electron chi connectivity index (χ4n) is 3.37. The number of nitrogens with zero attached hydrogens (tertiary/aromatic N) is 2. The van der Waals surface area contributed by atoms with Crippen molar-refractivity contribution in [3.8, 4) is 5.69 Å². The molecule has 1 aliphatic rings. The molecule has 0 radical (unpaired) electrons. The van der Waals surface area contributed by atoms with Crippen LogP contribution in [0.15, 0.2) is 42.5 Å². The topological polar surface area (TPSA) is 29.9 Å². The summed E-state index contributed by atoms with van der Waals surface area (Å²) >= 11 is 19.1. The van der Waals surface area contributed by atoms with Gasteiger partial charge in [-0.1, -0.05) is 59.1 Å². The minimum atomic E-state index is 0.509. The molecule has 1 aliphatic heterocycles. The molecule has 0 atom stereocenters. The minimum Gasteiger partial charge on any atom is -0.370 e. The highest BCUT2D eigenvalue weighted by atomic mass is 35.5. The number of benzene rings is 2. The monoisotopic (exact) mass is 405 g/mol. The van der Waals surface area contributed by atoms with Gasteiger partial charge in [0.05, 0.1) is 21.4 Å². The highest BCUT2D eigenvalue weighted by Crippen LogP contribution is 2.35. The molecule has 0 spiro atoms. The SMILES string of the molecule is Clc1ccccc1Cc1nn(-c2cccc(Cl)c2Cl)c2c1CCCCN2. The molecule has 0 saturated heterocycles. The standard InChI is InChI=1S/C20H18Cl3N3/c21-15-8-2-1-6-13(15)12-17-14-7-3-4-11-24-20(14)26(25-17)18-10-5-9-16(22)19(18)23/h1-2,5-6,8-10,24H,3-4,7,11-12H2. The molecule has 3 aromatic rings. The molecule has 1 N–H and O–H groups in total. The lowest BCUT2D eigenvalue weighted by Crippen LogP contribution is -2.07. The second kappa shape index (κ2) is 7.51. The zero-order valence-corrected chi connectivity index (χ0v) is 16.4. The summed E-state index contributed by atoms with van der Waals surface area (Å²) in [4.78, 5) is 0. The van der Waals surface area contributed by atoms with Crippen LogP contribution in [0.4, 0.5) is 5.82 Å². The fourth-order valence-corrected chi connectivity index (χ4v) is 3.95. The molecule has 2 aromatic carbocycles. The molecular formula is C20H18Cl3N3. The van der Waals surface area contributed by atoms with Crippen LogP contribution in [0.2, 0.25) is 15.1 Å². The van der Waals surface area contributed by atoms with Crippen LogP contribution < -0.4 is 5.32 Å². The van der Waals surface area contributed by atoms with E-state index in [1.807, 2.05) is 41.1 Å². The Bertz CT molecular complexity index is 949. The number of rotatable bonds is 3. The molecule has 0 fully saturated rings. The van der Waals surface area contributed by atoms with E-state index in [-0.39, 0.29) is 0 Å². The number of halogens is 3. The first-order valence-corrected chi connectivity index (χ1v) is 9.81. The molecule has 4 rings (SSSR count). The molecule has 0 bridgehead atoms. The van der Waals surface area contributed by atoms with Gasteiger partial charge in [-0.05, 0) is 43.0 Å². The summed E-state index contributed by atoms with van der Waals surface area (Å²) in [6.45, 7) is 0.919. The lowest BCUT2D eigenvalue weighted by Gasteiger charge is -2.11. The summed E-state index contributed by atoms with van der Waals surface area (Å²) < 4.78 is 1.89. The van der Waals surface area contributed by atoms with Crippen LogP contribution in [0, 0.1) is 0 Å². The van der Waals surface area contributed by atoms with Gasteiger partial charge < -0.3 is 5.32 Å². The van der Waals surface area contributed by atoms with Gasteiger partial charge in [0.2, 0.25) is 0 Å². The van der Waals surface area contributed by atoms with Gasteiger partial charge in [-0.3, -0.25) is 0 Å². The Balaban J connectivity index is 1.84. The van der Waals surface area contributed by atoms with Crippen LogP contribution >= 0.6 is 34.8 Å². The van der Waals surface area contributed by atoms with Crippen LogP contribution in [-0.2, 0) is 12.8 Å². The van der Waals surface area contributed by atoms with Crippen molar-refractivity contribution in [3.63, 3.8) is 0 Å². The molecule has 0 unspecified atom stereocenters. The third-order valence-corrected chi connectivity index (χ3v) is 5.87. The lowest BCUT2D eigenvalue weighted by molar-refractivity contribution is 0.767. The third-order valence-electron chi connectivity index (χ3n) is 4.69. The average molecular weight is 407 g/mol. The Hall–Kier alpha value is -1.68. The van der Waals surface area contributed by atoms with E-state index in [1.54, 1.807) is 6.07 Å². The van der Waals surface area contributed by atoms with Crippen molar-refractivity contribution in [2.45, 2.75) is 25.7 Å². The van der Waals surface area contributed by atoms with E-state index in [4.69, 9.17) is 39.9 Å². The molecule has 3 nitrogen and oxygen atoms in total. The van der Waals surface area contributed by atoms with E-state index < -0.39 is 0 Å². The highest BCUT2D eigenvalue weighted by Gasteiger charge is 2.22. The molecule has 26 heavy (non-hydrogen) atoms. The Morgan fingerprint density at radius 1 is 0.962 bits per heavy atom. The van der Waals surface area contributed by atoms with E-state index >= 15 is 0 Å². The van der Waals surface area contributed by atoms with Crippen LogP contribution in [0.3, 0.4) is 0 Å². The van der Waals surface area contributed by atoms with Crippen molar-refractivity contribution in [3.05, 3.63) is 74.4 Å². The van der Waals surface area contributed by atoms with Gasteiger partial charge in [-0.25, -0.2) is 4.68 Å². The summed E-state index contributed by atoms with van der Waals surface area (Å²) in [5.41, 5.74) is 4.12. The number of hydrogen-bond acceptors (Lipinski definition) is 2. The summed E-state index contributed by atoms with van der Waals surface area (Å²) in [5.74, 6) is 1.01. The number of fused-ring (bicyclic) bond motifs is 1. The quantitative estimate of drug-likeness (QED) is 0.563. The predicted molar refractivity (Wildman–Crippen MR) is 109 cm³/mol. The van der Waals surface area contributed by atoms with E-state index in [9.17, 15) is 0 Å². The van der Waals surface area contributed by atoms with E-state index in [0.717, 1.165) is 53.6 Å². The molecular weight excluding hydrogens is 389 g/mol. The first kappa shape index (κ1) is 17.7. The number of nitrogens with one attached hydrogen (secondary N) is 1. The van der Waals surface area contributed by atoms with Crippen molar-refractivity contribution in [1.82, 2.24) is 9.78 Å². The Kier molecular flexibility index (Phi) is 5.12. The van der Waals surface area contributed by atoms with Gasteiger partial charge in [-0.15, -0.1) is 0 Å². The van der Waals surface area contributed by atoms with Gasteiger partial charge in [0.1, 0.15) is 5.82 Å². The number of hydrogen-bond donors (Lipinski definition) is 1. The van der Waals surface area contributed by atoms with Gasteiger partial charge in [0.25, 0.3) is 0 Å². The van der Waals surface area contributed by atoms with Crippen molar-refractivity contribution in [2.75, 3.05) is 11.9 Å². The molecule has 1 aromatic heterocycles. The number of anilines is 1.